The van der Waals surface area contributed by atoms with Crippen molar-refractivity contribution in [2.24, 2.45) is 4.99 Å². The third-order valence-electron chi connectivity index (χ3n) is 3.04. The molecule has 2 aromatic rings. The standard InChI is InChI=1S/C17H9BrN2O2/c18-14-3-1-2-13(9-14)16-20-15(17(21)22-16)8-11-4-6-12(10-19)7-5-11/h1-9H. The van der Waals surface area contributed by atoms with E-state index in [1.54, 1.807) is 30.3 Å². The molecule has 0 saturated carbocycles. The molecule has 0 aliphatic carbocycles. The number of nitrogens with zero attached hydrogens (tertiary/aromatic N) is 2. The Hall–Kier alpha value is -2.71. The van der Waals surface area contributed by atoms with Crippen molar-refractivity contribution in [3.05, 3.63) is 75.4 Å². The van der Waals surface area contributed by atoms with Gasteiger partial charge in [0.2, 0.25) is 5.90 Å². The highest BCUT2D eigenvalue weighted by atomic mass is 79.9. The molecule has 0 amide bonds. The van der Waals surface area contributed by atoms with Gasteiger partial charge in [0.05, 0.1) is 11.6 Å². The van der Waals surface area contributed by atoms with Gasteiger partial charge in [0.25, 0.3) is 0 Å². The zero-order chi connectivity index (χ0) is 15.5. The van der Waals surface area contributed by atoms with Crippen molar-refractivity contribution in [3.63, 3.8) is 0 Å². The zero-order valence-corrected chi connectivity index (χ0v) is 12.9. The molecule has 3 rings (SSSR count). The maximum absolute atomic E-state index is 11.9. The molecule has 1 aliphatic heterocycles. The van der Waals surface area contributed by atoms with Crippen LogP contribution < -0.4 is 0 Å². The van der Waals surface area contributed by atoms with Crippen molar-refractivity contribution in [1.29, 1.82) is 5.26 Å². The summed E-state index contributed by atoms with van der Waals surface area (Å²) in [7, 11) is 0. The fourth-order valence-electron chi connectivity index (χ4n) is 1.97. The molecule has 0 unspecified atom stereocenters. The third-order valence-corrected chi connectivity index (χ3v) is 3.53. The van der Waals surface area contributed by atoms with Crippen LogP contribution in [-0.2, 0) is 9.53 Å². The summed E-state index contributed by atoms with van der Waals surface area (Å²) in [5.41, 5.74) is 2.31. The minimum Gasteiger partial charge on any atom is -0.402 e. The van der Waals surface area contributed by atoms with E-state index in [-0.39, 0.29) is 11.6 Å². The summed E-state index contributed by atoms with van der Waals surface area (Å²) in [5.74, 6) is -0.203. The minimum absolute atomic E-state index is 0.236. The molecular weight excluding hydrogens is 344 g/mol. The van der Waals surface area contributed by atoms with Crippen LogP contribution in [0.3, 0.4) is 0 Å². The smallest absolute Gasteiger partial charge is 0.363 e. The fraction of sp³-hybridized carbons (Fsp3) is 0. The van der Waals surface area contributed by atoms with Gasteiger partial charge in [0, 0.05) is 10.0 Å². The Balaban J connectivity index is 1.92. The molecule has 1 aliphatic rings. The summed E-state index contributed by atoms with van der Waals surface area (Å²) in [6.07, 6.45) is 1.63. The van der Waals surface area contributed by atoms with E-state index < -0.39 is 5.97 Å². The Kier molecular flexibility index (Phi) is 3.86. The van der Waals surface area contributed by atoms with E-state index in [1.165, 1.54) is 0 Å². The maximum Gasteiger partial charge on any atom is 0.363 e. The van der Waals surface area contributed by atoms with Gasteiger partial charge in [-0.2, -0.15) is 5.26 Å². The normalized spacial score (nSPS) is 15.4. The molecule has 0 fully saturated rings. The second-order valence-corrected chi connectivity index (χ2v) is 5.50. The first-order chi connectivity index (χ1) is 10.7. The Morgan fingerprint density at radius 3 is 2.64 bits per heavy atom. The molecule has 0 atom stereocenters. The van der Waals surface area contributed by atoms with Crippen molar-refractivity contribution in [2.45, 2.75) is 0 Å². The molecule has 0 aromatic heterocycles. The number of hydrogen-bond donors (Lipinski definition) is 0. The van der Waals surface area contributed by atoms with Crippen LogP contribution in [0.5, 0.6) is 0 Å². The number of halogens is 1. The molecule has 22 heavy (non-hydrogen) atoms. The molecule has 5 heteroatoms. The van der Waals surface area contributed by atoms with Crippen LogP contribution in [0.1, 0.15) is 16.7 Å². The van der Waals surface area contributed by atoms with Crippen molar-refractivity contribution in [1.82, 2.24) is 0 Å². The van der Waals surface area contributed by atoms with Crippen LogP contribution in [-0.4, -0.2) is 11.9 Å². The highest BCUT2D eigenvalue weighted by molar-refractivity contribution is 9.10. The highest BCUT2D eigenvalue weighted by Crippen LogP contribution is 2.21. The number of benzene rings is 2. The molecule has 4 nitrogen and oxygen atoms in total. The predicted molar refractivity (Wildman–Crippen MR) is 85.9 cm³/mol. The number of carbonyl (C=O) groups is 1. The topological polar surface area (TPSA) is 62.4 Å². The summed E-state index contributed by atoms with van der Waals surface area (Å²) in [6.45, 7) is 0. The number of cyclic esters (lactones) is 1. The SMILES string of the molecule is N#Cc1ccc(C=C2N=C(c3cccc(Br)c3)OC2=O)cc1. The van der Waals surface area contributed by atoms with Gasteiger partial charge < -0.3 is 4.74 Å². The highest BCUT2D eigenvalue weighted by Gasteiger charge is 2.24. The van der Waals surface area contributed by atoms with E-state index in [0.717, 1.165) is 15.6 Å². The lowest BCUT2D eigenvalue weighted by molar-refractivity contribution is -0.129. The zero-order valence-electron chi connectivity index (χ0n) is 11.3. The first-order valence-corrected chi connectivity index (χ1v) is 7.24. The van der Waals surface area contributed by atoms with Gasteiger partial charge in [-0.3, -0.25) is 0 Å². The molecular formula is C17H9BrN2O2. The van der Waals surface area contributed by atoms with Gasteiger partial charge in [0.1, 0.15) is 0 Å². The Labute approximate surface area is 135 Å². The molecule has 0 spiro atoms. The molecule has 0 N–H and O–H groups in total. The second-order valence-electron chi connectivity index (χ2n) is 4.58. The average molecular weight is 353 g/mol. The van der Waals surface area contributed by atoms with Gasteiger partial charge in [-0.25, -0.2) is 9.79 Å². The Bertz CT molecular complexity index is 846. The molecule has 0 saturated heterocycles. The second kappa shape index (κ2) is 5.96. The molecule has 1 heterocycles. The van der Waals surface area contributed by atoms with Crippen LogP contribution in [0.15, 0.2) is 63.7 Å². The van der Waals surface area contributed by atoms with Crippen molar-refractivity contribution in [3.8, 4) is 6.07 Å². The average Bonchev–Trinajstić information content (AvgIpc) is 2.89. The van der Waals surface area contributed by atoms with Gasteiger partial charge in [-0.1, -0.05) is 34.1 Å². The van der Waals surface area contributed by atoms with Gasteiger partial charge in [-0.05, 0) is 42.0 Å². The van der Waals surface area contributed by atoms with Crippen LogP contribution in [0.2, 0.25) is 0 Å². The lowest BCUT2D eigenvalue weighted by Gasteiger charge is -1.99. The third kappa shape index (κ3) is 2.97. The van der Waals surface area contributed by atoms with Crippen LogP contribution >= 0.6 is 15.9 Å². The number of aliphatic imine (C=N–C) groups is 1. The number of rotatable bonds is 2. The predicted octanol–water partition coefficient (Wildman–Crippen LogP) is 3.67. The quantitative estimate of drug-likeness (QED) is 0.611. The van der Waals surface area contributed by atoms with Crippen molar-refractivity contribution >= 4 is 33.9 Å². The van der Waals surface area contributed by atoms with Crippen molar-refractivity contribution < 1.29 is 9.53 Å². The summed E-state index contributed by atoms with van der Waals surface area (Å²) in [6, 6.07) is 16.3. The summed E-state index contributed by atoms with van der Waals surface area (Å²) in [4.78, 5) is 16.1. The summed E-state index contributed by atoms with van der Waals surface area (Å²) in [5, 5.41) is 8.77. The monoisotopic (exact) mass is 352 g/mol. The Morgan fingerprint density at radius 2 is 1.95 bits per heavy atom. The van der Waals surface area contributed by atoms with Gasteiger partial charge in [-0.15, -0.1) is 0 Å². The van der Waals surface area contributed by atoms with Crippen LogP contribution in [0.4, 0.5) is 0 Å². The van der Waals surface area contributed by atoms with Crippen LogP contribution in [0.25, 0.3) is 6.08 Å². The molecule has 2 aromatic carbocycles. The lowest BCUT2D eigenvalue weighted by Crippen LogP contribution is -2.05. The lowest BCUT2D eigenvalue weighted by atomic mass is 10.1. The largest absolute Gasteiger partial charge is 0.402 e. The maximum atomic E-state index is 11.9. The van der Waals surface area contributed by atoms with E-state index in [2.05, 4.69) is 20.9 Å². The van der Waals surface area contributed by atoms with Gasteiger partial charge >= 0.3 is 5.97 Å². The number of esters is 1. The van der Waals surface area contributed by atoms with E-state index in [4.69, 9.17) is 10.00 Å². The van der Waals surface area contributed by atoms with Crippen LogP contribution in [0, 0.1) is 11.3 Å². The molecule has 106 valence electrons. The first kappa shape index (κ1) is 14.2. The number of hydrogen-bond acceptors (Lipinski definition) is 4. The molecule has 0 radical (unpaired) electrons. The number of carbonyl (C=O) groups excluding carboxylic acids is 1. The Morgan fingerprint density at radius 1 is 1.18 bits per heavy atom. The summed E-state index contributed by atoms with van der Waals surface area (Å²) >= 11 is 3.37. The first-order valence-electron chi connectivity index (χ1n) is 6.44. The van der Waals surface area contributed by atoms with Crippen molar-refractivity contribution in [2.75, 3.05) is 0 Å². The van der Waals surface area contributed by atoms with E-state index in [0.29, 0.717) is 5.56 Å². The number of nitriles is 1. The molecule has 0 bridgehead atoms. The van der Waals surface area contributed by atoms with E-state index in [1.807, 2.05) is 30.3 Å². The minimum atomic E-state index is -0.487. The summed E-state index contributed by atoms with van der Waals surface area (Å²) < 4.78 is 6.08. The van der Waals surface area contributed by atoms with E-state index >= 15 is 0 Å². The number of ether oxygens (including phenoxy) is 1. The fourth-order valence-corrected chi connectivity index (χ4v) is 2.37. The van der Waals surface area contributed by atoms with E-state index in [9.17, 15) is 4.79 Å². The van der Waals surface area contributed by atoms with Gasteiger partial charge in [0.15, 0.2) is 5.70 Å².